The fraction of sp³-hybridized carbons (Fsp3) is 0.357. The molecule has 0 unspecified atom stereocenters. The molecule has 0 bridgehead atoms. The number of nitriles is 1. The minimum atomic E-state index is 0.335. The van der Waals surface area contributed by atoms with Gasteiger partial charge in [0.15, 0.2) is 0 Å². The van der Waals surface area contributed by atoms with Crippen LogP contribution in [0.2, 0.25) is 5.02 Å². The molecule has 1 aliphatic carbocycles. The van der Waals surface area contributed by atoms with Crippen LogP contribution in [0.1, 0.15) is 64.8 Å². The SMILES string of the molecule is Cc1cc(COc2ccc(Cl)cc2C)c(C)c(-c2c(C#N)c(N)nc3c2CCCCCC3)c1. The van der Waals surface area contributed by atoms with Gasteiger partial charge in [0, 0.05) is 16.3 Å². The van der Waals surface area contributed by atoms with Gasteiger partial charge in [0.05, 0.1) is 0 Å². The van der Waals surface area contributed by atoms with Crippen molar-refractivity contribution in [2.45, 2.75) is 65.9 Å². The smallest absolute Gasteiger partial charge is 0.142 e. The van der Waals surface area contributed by atoms with E-state index in [-0.39, 0.29) is 0 Å². The van der Waals surface area contributed by atoms with E-state index in [0.717, 1.165) is 70.5 Å². The maximum Gasteiger partial charge on any atom is 0.142 e. The molecule has 0 fully saturated rings. The Morgan fingerprint density at radius 3 is 2.55 bits per heavy atom. The van der Waals surface area contributed by atoms with Gasteiger partial charge in [-0.15, -0.1) is 0 Å². The lowest BCUT2D eigenvalue weighted by atomic mass is 9.85. The van der Waals surface area contributed by atoms with E-state index < -0.39 is 0 Å². The van der Waals surface area contributed by atoms with Gasteiger partial charge in [-0.1, -0.05) is 42.1 Å². The van der Waals surface area contributed by atoms with E-state index in [4.69, 9.17) is 22.1 Å². The van der Waals surface area contributed by atoms with Crippen LogP contribution in [0.15, 0.2) is 30.3 Å². The zero-order valence-corrected chi connectivity index (χ0v) is 20.4. The van der Waals surface area contributed by atoms with Crippen LogP contribution in [0, 0.1) is 32.1 Å². The van der Waals surface area contributed by atoms with Crippen molar-refractivity contribution < 1.29 is 4.74 Å². The molecule has 4 nitrogen and oxygen atoms in total. The van der Waals surface area contributed by atoms with Gasteiger partial charge in [0.25, 0.3) is 0 Å². The van der Waals surface area contributed by atoms with Crippen LogP contribution in [0.5, 0.6) is 5.75 Å². The van der Waals surface area contributed by atoms with Crippen molar-refractivity contribution in [3.8, 4) is 22.9 Å². The average molecular weight is 460 g/mol. The molecule has 1 heterocycles. The number of benzene rings is 2. The molecule has 0 aliphatic heterocycles. The van der Waals surface area contributed by atoms with Gasteiger partial charge in [-0.25, -0.2) is 4.98 Å². The molecule has 0 saturated heterocycles. The Labute approximate surface area is 201 Å². The molecule has 0 radical (unpaired) electrons. The molecule has 0 atom stereocenters. The number of aromatic nitrogens is 1. The van der Waals surface area contributed by atoms with Crippen molar-refractivity contribution in [3.05, 3.63) is 74.4 Å². The molecule has 0 saturated carbocycles. The van der Waals surface area contributed by atoms with Crippen molar-refractivity contribution in [3.63, 3.8) is 0 Å². The van der Waals surface area contributed by atoms with Crippen LogP contribution in [-0.4, -0.2) is 4.98 Å². The van der Waals surface area contributed by atoms with Crippen LogP contribution >= 0.6 is 11.6 Å². The largest absolute Gasteiger partial charge is 0.489 e. The number of ether oxygens (including phenoxy) is 1. The van der Waals surface area contributed by atoms with Crippen molar-refractivity contribution >= 4 is 17.4 Å². The predicted molar refractivity (Wildman–Crippen MR) is 135 cm³/mol. The minimum Gasteiger partial charge on any atom is -0.489 e. The lowest BCUT2D eigenvalue weighted by molar-refractivity contribution is 0.303. The predicted octanol–water partition coefficient (Wildman–Crippen LogP) is 7.02. The van der Waals surface area contributed by atoms with Crippen molar-refractivity contribution in [2.24, 2.45) is 0 Å². The Balaban J connectivity index is 1.81. The number of fused-ring (bicyclic) bond motifs is 1. The van der Waals surface area contributed by atoms with E-state index in [0.29, 0.717) is 23.0 Å². The highest BCUT2D eigenvalue weighted by Crippen LogP contribution is 2.38. The van der Waals surface area contributed by atoms with Crippen LogP contribution in [0.3, 0.4) is 0 Å². The minimum absolute atomic E-state index is 0.335. The fourth-order valence-corrected chi connectivity index (χ4v) is 5.03. The molecule has 2 aromatic carbocycles. The molecule has 1 aliphatic rings. The van der Waals surface area contributed by atoms with Gasteiger partial charge in [0.1, 0.15) is 29.8 Å². The van der Waals surface area contributed by atoms with Gasteiger partial charge in [-0.3, -0.25) is 0 Å². The van der Waals surface area contributed by atoms with Gasteiger partial charge in [-0.05, 0) is 92.5 Å². The molecule has 33 heavy (non-hydrogen) atoms. The van der Waals surface area contributed by atoms with Crippen LogP contribution in [-0.2, 0) is 19.4 Å². The first-order valence-corrected chi connectivity index (χ1v) is 12.0. The molecule has 4 rings (SSSR count). The maximum absolute atomic E-state index is 10.0. The summed E-state index contributed by atoms with van der Waals surface area (Å²) in [5.74, 6) is 1.15. The summed E-state index contributed by atoms with van der Waals surface area (Å²) in [5, 5.41) is 10.7. The number of hydrogen-bond acceptors (Lipinski definition) is 4. The summed E-state index contributed by atoms with van der Waals surface area (Å²) in [4.78, 5) is 4.66. The number of nitrogens with zero attached hydrogens (tertiary/aromatic N) is 2. The summed E-state index contributed by atoms with van der Waals surface area (Å²) in [7, 11) is 0. The van der Waals surface area contributed by atoms with Gasteiger partial charge >= 0.3 is 0 Å². The third-order valence-electron chi connectivity index (χ3n) is 6.56. The first-order chi connectivity index (χ1) is 15.9. The molecule has 1 aromatic heterocycles. The van der Waals surface area contributed by atoms with Crippen LogP contribution in [0.25, 0.3) is 11.1 Å². The summed E-state index contributed by atoms with van der Waals surface area (Å²) in [6.07, 6.45) is 6.47. The van der Waals surface area contributed by atoms with E-state index in [1.165, 1.54) is 18.4 Å². The van der Waals surface area contributed by atoms with Crippen LogP contribution in [0.4, 0.5) is 5.82 Å². The molecular weight excluding hydrogens is 430 g/mol. The van der Waals surface area contributed by atoms with Crippen molar-refractivity contribution in [1.82, 2.24) is 4.98 Å². The number of hydrogen-bond donors (Lipinski definition) is 1. The second kappa shape index (κ2) is 9.85. The number of aryl methyl sites for hydroxylation is 3. The molecule has 2 N–H and O–H groups in total. The zero-order chi connectivity index (χ0) is 23.5. The zero-order valence-electron chi connectivity index (χ0n) is 19.6. The second-order valence-electron chi connectivity index (χ2n) is 8.99. The lowest BCUT2D eigenvalue weighted by Crippen LogP contribution is -2.11. The number of nitrogens with two attached hydrogens (primary N) is 1. The van der Waals surface area contributed by atoms with Crippen molar-refractivity contribution in [2.75, 3.05) is 5.73 Å². The van der Waals surface area contributed by atoms with Gasteiger partial charge < -0.3 is 10.5 Å². The Morgan fingerprint density at radius 2 is 1.82 bits per heavy atom. The summed E-state index contributed by atoms with van der Waals surface area (Å²) in [6, 6.07) is 12.3. The second-order valence-corrected chi connectivity index (χ2v) is 9.43. The molecule has 5 heteroatoms. The first-order valence-electron chi connectivity index (χ1n) is 11.6. The number of halogens is 1. The van der Waals surface area contributed by atoms with Crippen LogP contribution < -0.4 is 10.5 Å². The molecule has 0 spiro atoms. The normalized spacial score (nSPS) is 13.5. The molecule has 170 valence electrons. The molecule has 0 amide bonds. The summed E-state index contributed by atoms with van der Waals surface area (Å²) in [6.45, 7) is 6.62. The van der Waals surface area contributed by atoms with Crippen molar-refractivity contribution in [1.29, 1.82) is 5.26 Å². The number of pyridine rings is 1. The van der Waals surface area contributed by atoms with E-state index >= 15 is 0 Å². The quantitative estimate of drug-likeness (QED) is 0.455. The third-order valence-corrected chi connectivity index (χ3v) is 6.80. The highest BCUT2D eigenvalue weighted by molar-refractivity contribution is 6.30. The topological polar surface area (TPSA) is 71.9 Å². The number of anilines is 1. The Bertz CT molecular complexity index is 1240. The van der Waals surface area contributed by atoms with Gasteiger partial charge in [-0.2, -0.15) is 5.26 Å². The molecular formula is C28H30ClN3O. The third kappa shape index (κ3) is 4.84. The Hall–Kier alpha value is -3.03. The number of nitrogen functional groups attached to an aromatic ring is 1. The molecule has 3 aromatic rings. The summed E-state index contributed by atoms with van der Waals surface area (Å²) < 4.78 is 6.17. The average Bonchev–Trinajstić information content (AvgIpc) is 2.75. The van der Waals surface area contributed by atoms with E-state index in [1.54, 1.807) is 0 Å². The Kier molecular flexibility index (Phi) is 6.91. The lowest BCUT2D eigenvalue weighted by Gasteiger charge is -2.22. The highest BCUT2D eigenvalue weighted by atomic mass is 35.5. The standard InChI is InChI=1S/C28H30ClN3O/c1-17-12-20(16-33-26-11-10-21(29)14-18(26)2)19(3)23(13-17)27-22-8-6-4-5-7-9-25(22)32-28(31)24(27)15-30/h10-14H,4-9,16H2,1-3H3,(H2,31,32). The van der Waals surface area contributed by atoms with E-state index in [9.17, 15) is 5.26 Å². The van der Waals surface area contributed by atoms with E-state index in [2.05, 4.69) is 37.0 Å². The first kappa shape index (κ1) is 23.1. The summed E-state index contributed by atoms with van der Waals surface area (Å²) in [5.41, 5.74) is 15.4. The van der Waals surface area contributed by atoms with E-state index in [1.807, 2.05) is 25.1 Å². The maximum atomic E-state index is 10.0. The fourth-order valence-electron chi connectivity index (χ4n) is 4.80. The number of rotatable bonds is 4. The summed E-state index contributed by atoms with van der Waals surface area (Å²) >= 11 is 6.09. The Morgan fingerprint density at radius 1 is 1.06 bits per heavy atom. The highest BCUT2D eigenvalue weighted by Gasteiger charge is 2.23. The monoisotopic (exact) mass is 459 g/mol. The van der Waals surface area contributed by atoms with Gasteiger partial charge in [0.2, 0.25) is 0 Å².